The van der Waals surface area contributed by atoms with Gasteiger partial charge in [0.05, 0.1) is 0 Å². The molecule has 0 aromatic rings. The maximum atomic E-state index is 9.30. The molecule has 0 aliphatic carbocycles. The lowest BCUT2D eigenvalue weighted by molar-refractivity contribution is 0.552. The van der Waals surface area contributed by atoms with E-state index in [4.69, 9.17) is 11.1 Å². The monoisotopic (exact) mass is 129 g/mol. The third-order valence-corrected chi connectivity index (χ3v) is 2.41. The van der Waals surface area contributed by atoms with Gasteiger partial charge < -0.3 is 4.55 Å². The SMILES string of the molecule is O=S([O-])[SiH2]Cl. The summed E-state index contributed by atoms with van der Waals surface area (Å²) in [7, 11) is -3.18. The van der Waals surface area contributed by atoms with E-state index in [1.807, 2.05) is 0 Å². The van der Waals surface area contributed by atoms with Crippen molar-refractivity contribution in [3.8, 4) is 0 Å². The van der Waals surface area contributed by atoms with Crippen LogP contribution in [0.3, 0.4) is 0 Å². The number of rotatable bonds is 1. The molecule has 1 unspecified atom stereocenters. The first kappa shape index (κ1) is 5.62. The third-order valence-electron chi connectivity index (χ3n) is 0.0891. The van der Waals surface area contributed by atoms with Crippen molar-refractivity contribution in [1.82, 2.24) is 0 Å². The van der Waals surface area contributed by atoms with Crippen LogP contribution in [0, 0.1) is 0 Å². The van der Waals surface area contributed by atoms with Gasteiger partial charge in [0.1, 0.15) is 0 Å². The Labute approximate surface area is 39.0 Å². The molecule has 0 fully saturated rings. The molecule has 0 aromatic heterocycles. The van der Waals surface area contributed by atoms with Crippen molar-refractivity contribution in [2.24, 2.45) is 0 Å². The van der Waals surface area contributed by atoms with Crippen LogP contribution in [0.2, 0.25) is 0 Å². The van der Waals surface area contributed by atoms with E-state index in [0.717, 1.165) is 0 Å². The molecule has 1 atom stereocenters. The second kappa shape index (κ2) is 2.83. The van der Waals surface area contributed by atoms with Crippen LogP contribution < -0.4 is 0 Å². The second-order valence-electron chi connectivity index (χ2n) is 0.413. The minimum absolute atomic E-state index is 1.26. The van der Waals surface area contributed by atoms with E-state index >= 15 is 0 Å². The fraction of sp³-hybridized carbons (Fsp3) is 0. The predicted octanol–water partition coefficient (Wildman–Crippen LogP) is -0.897. The lowest BCUT2D eigenvalue weighted by atomic mass is 15.9. The van der Waals surface area contributed by atoms with Gasteiger partial charge in [-0.15, -0.1) is 0 Å². The first-order valence-corrected chi connectivity index (χ1v) is 6.00. The number of hydrogen-bond acceptors (Lipinski definition) is 2. The van der Waals surface area contributed by atoms with E-state index in [1.54, 1.807) is 0 Å². The molecule has 0 saturated carbocycles. The van der Waals surface area contributed by atoms with Gasteiger partial charge in [0.15, 0.2) is 0 Å². The van der Waals surface area contributed by atoms with Gasteiger partial charge in [-0.25, -0.2) is 0 Å². The van der Waals surface area contributed by atoms with Crippen molar-refractivity contribution in [3.63, 3.8) is 0 Å². The summed E-state index contributed by atoms with van der Waals surface area (Å²) in [6.45, 7) is 0. The number of halogens is 1. The Bertz CT molecular complexity index is 44.9. The van der Waals surface area contributed by atoms with Gasteiger partial charge in [0, 0.05) is 0 Å². The molecule has 0 spiro atoms. The topological polar surface area (TPSA) is 40.1 Å². The Morgan fingerprint density at radius 1 is 2.00 bits per heavy atom. The van der Waals surface area contributed by atoms with E-state index in [-0.39, 0.29) is 0 Å². The second-order valence-corrected chi connectivity index (χ2v) is 5.27. The van der Waals surface area contributed by atoms with Gasteiger partial charge in [-0.05, 0) is 0 Å². The fourth-order valence-electron chi connectivity index (χ4n) is 0. The van der Waals surface area contributed by atoms with Crippen LogP contribution in [-0.4, -0.2) is 16.7 Å². The largest absolute Gasteiger partial charge is 0.777 e. The molecule has 0 radical (unpaired) electrons. The Kier molecular flexibility index (Phi) is 3.18. The molecule has 0 rings (SSSR count). The first-order chi connectivity index (χ1) is 2.27. The molecule has 0 heterocycles. The van der Waals surface area contributed by atoms with Gasteiger partial charge in [-0.1, -0.05) is 10.5 Å². The molecule has 5 heteroatoms. The zero-order chi connectivity index (χ0) is 4.28. The predicted molar refractivity (Wildman–Crippen MR) is 23.3 cm³/mol. The van der Waals surface area contributed by atoms with Crippen LogP contribution in [-0.2, 0) is 10.5 Å². The minimum Gasteiger partial charge on any atom is -0.777 e. The molecule has 0 amide bonds. The summed E-state index contributed by atoms with van der Waals surface area (Å²) in [6.07, 6.45) is 0. The first-order valence-electron chi connectivity index (χ1n) is 0.889. The average molecular weight is 130 g/mol. The van der Waals surface area contributed by atoms with Crippen LogP contribution in [0.5, 0.6) is 0 Å². The van der Waals surface area contributed by atoms with Gasteiger partial charge in [0.2, 0.25) is 7.98 Å². The molecular formula is H2ClO2SSi-. The Balaban J connectivity index is 2.85. The van der Waals surface area contributed by atoms with Crippen molar-refractivity contribution in [2.45, 2.75) is 0 Å². The van der Waals surface area contributed by atoms with Crippen LogP contribution >= 0.6 is 11.1 Å². The highest BCUT2D eigenvalue weighted by molar-refractivity contribution is 8.10. The Hall–Kier alpha value is 0.617. The molecule has 0 aliphatic rings. The zero-order valence-corrected chi connectivity index (χ0v) is 5.30. The van der Waals surface area contributed by atoms with Crippen molar-refractivity contribution in [2.75, 3.05) is 0 Å². The Morgan fingerprint density at radius 3 is 2.20 bits per heavy atom. The molecular weight excluding hydrogens is 128 g/mol. The van der Waals surface area contributed by atoms with Crippen molar-refractivity contribution in [1.29, 1.82) is 0 Å². The van der Waals surface area contributed by atoms with Crippen LogP contribution in [0.15, 0.2) is 0 Å². The molecule has 0 aromatic carbocycles. The minimum atomic E-state index is -1.92. The highest BCUT2D eigenvalue weighted by Crippen LogP contribution is 1.69. The third kappa shape index (κ3) is 4.62. The lowest BCUT2D eigenvalue weighted by Gasteiger charge is -1.91. The summed E-state index contributed by atoms with van der Waals surface area (Å²) in [5, 5.41) is 0. The van der Waals surface area contributed by atoms with Gasteiger partial charge in [-0.2, -0.15) is 11.1 Å². The summed E-state index contributed by atoms with van der Waals surface area (Å²) in [5.41, 5.74) is 0. The van der Waals surface area contributed by atoms with E-state index < -0.39 is 18.5 Å². The number of hydrogen-bond donors (Lipinski definition) is 0. The van der Waals surface area contributed by atoms with Gasteiger partial charge >= 0.3 is 0 Å². The summed E-state index contributed by atoms with van der Waals surface area (Å²) in [6, 6.07) is 0. The van der Waals surface area contributed by atoms with Crippen LogP contribution in [0.25, 0.3) is 0 Å². The standard InChI is InChI=1S/ClH3O2SSi/c1-5-4(2)3/h5H2,(H,2,3)/p-1. The van der Waals surface area contributed by atoms with Gasteiger partial charge in [0.25, 0.3) is 0 Å². The Morgan fingerprint density at radius 2 is 2.20 bits per heavy atom. The van der Waals surface area contributed by atoms with Crippen LogP contribution in [0.4, 0.5) is 0 Å². The molecule has 0 aliphatic heterocycles. The summed E-state index contributed by atoms with van der Waals surface area (Å²) < 4.78 is 18.6. The summed E-state index contributed by atoms with van der Waals surface area (Å²) >= 11 is 4.86. The van der Waals surface area contributed by atoms with Crippen molar-refractivity contribution in [3.05, 3.63) is 0 Å². The molecule has 0 bridgehead atoms. The van der Waals surface area contributed by atoms with E-state index in [2.05, 4.69) is 0 Å². The average Bonchev–Trinajstić information content (AvgIpc) is 1.38. The van der Waals surface area contributed by atoms with Crippen molar-refractivity contribution >= 4 is 29.6 Å². The maximum absolute atomic E-state index is 9.30. The lowest BCUT2D eigenvalue weighted by Crippen LogP contribution is -1.88. The van der Waals surface area contributed by atoms with E-state index in [1.165, 1.54) is 0 Å². The molecule has 0 N–H and O–H groups in total. The van der Waals surface area contributed by atoms with Crippen LogP contribution in [0.1, 0.15) is 0 Å². The van der Waals surface area contributed by atoms with Crippen molar-refractivity contribution < 1.29 is 8.76 Å². The quantitative estimate of drug-likeness (QED) is 0.262. The zero-order valence-electron chi connectivity index (χ0n) is 2.31. The summed E-state index contributed by atoms with van der Waals surface area (Å²) in [5.74, 6) is 0. The molecule has 0 saturated heterocycles. The molecule has 2 nitrogen and oxygen atoms in total. The van der Waals surface area contributed by atoms with E-state index in [0.29, 0.717) is 0 Å². The van der Waals surface area contributed by atoms with E-state index in [9.17, 15) is 8.76 Å². The highest BCUT2D eigenvalue weighted by Gasteiger charge is 1.68. The maximum Gasteiger partial charge on any atom is 0.207 e. The summed E-state index contributed by atoms with van der Waals surface area (Å²) in [4.78, 5) is 0. The molecule has 5 heavy (non-hydrogen) atoms. The fourth-order valence-corrected chi connectivity index (χ4v) is 0. The smallest absolute Gasteiger partial charge is 0.207 e. The van der Waals surface area contributed by atoms with Gasteiger partial charge in [-0.3, -0.25) is 4.21 Å². The molecule has 32 valence electrons. The normalized spacial score (nSPS) is 17.2. The highest BCUT2D eigenvalue weighted by atomic mass is 35.6.